The highest BCUT2D eigenvalue weighted by atomic mass is 32.1. The Morgan fingerprint density at radius 2 is 2.05 bits per heavy atom. The molecule has 7 heteroatoms. The summed E-state index contributed by atoms with van der Waals surface area (Å²) in [6.07, 6.45) is 0. The molecular formula is C12H21N5OS. The van der Waals surface area contributed by atoms with Crippen molar-refractivity contribution in [1.82, 2.24) is 15.1 Å². The van der Waals surface area contributed by atoms with Gasteiger partial charge in [0.15, 0.2) is 5.96 Å². The van der Waals surface area contributed by atoms with Gasteiger partial charge in [0.05, 0.1) is 19.8 Å². The highest BCUT2D eigenvalue weighted by Gasteiger charge is 2.19. The number of aliphatic imine (C=N–C) groups is 1. The summed E-state index contributed by atoms with van der Waals surface area (Å²) < 4.78 is 5.28. The van der Waals surface area contributed by atoms with Crippen LogP contribution in [0.4, 0.5) is 0 Å². The summed E-state index contributed by atoms with van der Waals surface area (Å²) in [5.74, 6) is 0.566. The number of nitrogens with zero attached hydrogens (tertiary/aromatic N) is 4. The lowest BCUT2D eigenvalue weighted by Crippen LogP contribution is -2.44. The molecule has 1 aromatic rings. The lowest BCUT2D eigenvalue weighted by atomic mass is 9.98. The summed E-state index contributed by atoms with van der Waals surface area (Å²) in [7, 11) is 0. The molecule has 0 aliphatic carbocycles. The van der Waals surface area contributed by atoms with Gasteiger partial charge in [-0.2, -0.15) is 0 Å². The first-order chi connectivity index (χ1) is 8.97. The molecule has 0 amide bonds. The molecule has 0 saturated carbocycles. The van der Waals surface area contributed by atoms with Gasteiger partial charge in [0.1, 0.15) is 10.0 Å². The summed E-state index contributed by atoms with van der Waals surface area (Å²) in [5, 5.41) is 10.3. The molecular weight excluding hydrogens is 262 g/mol. The monoisotopic (exact) mass is 283 g/mol. The van der Waals surface area contributed by atoms with Crippen molar-refractivity contribution in [2.75, 3.05) is 26.3 Å². The summed E-state index contributed by atoms with van der Waals surface area (Å²) in [4.78, 5) is 6.42. The minimum absolute atomic E-state index is 0.0371. The molecule has 0 radical (unpaired) electrons. The van der Waals surface area contributed by atoms with Crippen molar-refractivity contribution in [2.45, 2.75) is 32.7 Å². The van der Waals surface area contributed by atoms with E-state index in [4.69, 9.17) is 10.5 Å². The van der Waals surface area contributed by atoms with Gasteiger partial charge in [-0.3, -0.25) is 0 Å². The summed E-state index contributed by atoms with van der Waals surface area (Å²) >= 11 is 1.60. The SMILES string of the molecule is CC(C)(C)c1nnc(CN=C(N)N2CCOCC2)s1. The van der Waals surface area contributed by atoms with Gasteiger partial charge in [-0.05, 0) is 0 Å². The van der Waals surface area contributed by atoms with Crippen LogP contribution in [0.3, 0.4) is 0 Å². The van der Waals surface area contributed by atoms with Crippen LogP contribution >= 0.6 is 11.3 Å². The lowest BCUT2D eigenvalue weighted by molar-refractivity contribution is 0.0674. The van der Waals surface area contributed by atoms with Gasteiger partial charge in [0.2, 0.25) is 0 Å². The van der Waals surface area contributed by atoms with Gasteiger partial charge < -0.3 is 15.4 Å². The van der Waals surface area contributed by atoms with Crippen LogP contribution in [-0.4, -0.2) is 47.4 Å². The number of guanidine groups is 1. The highest BCUT2D eigenvalue weighted by molar-refractivity contribution is 7.11. The molecule has 1 fully saturated rings. The average molecular weight is 283 g/mol. The molecule has 0 atom stereocenters. The van der Waals surface area contributed by atoms with Crippen LogP contribution in [0.2, 0.25) is 0 Å². The van der Waals surface area contributed by atoms with Crippen molar-refractivity contribution in [3.05, 3.63) is 10.0 Å². The van der Waals surface area contributed by atoms with E-state index in [0.717, 1.165) is 23.1 Å². The van der Waals surface area contributed by atoms with Crippen LogP contribution in [0.5, 0.6) is 0 Å². The van der Waals surface area contributed by atoms with E-state index < -0.39 is 0 Å². The Labute approximate surface area is 117 Å². The van der Waals surface area contributed by atoms with E-state index in [1.165, 1.54) is 0 Å². The van der Waals surface area contributed by atoms with Crippen molar-refractivity contribution in [2.24, 2.45) is 10.7 Å². The van der Waals surface area contributed by atoms with Crippen LogP contribution in [0.15, 0.2) is 4.99 Å². The first-order valence-electron chi connectivity index (χ1n) is 6.42. The predicted molar refractivity (Wildman–Crippen MR) is 76.3 cm³/mol. The van der Waals surface area contributed by atoms with Crippen molar-refractivity contribution in [1.29, 1.82) is 0 Å². The second kappa shape index (κ2) is 5.83. The van der Waals surface area contributed by atoms with E-state index in [2.05, 4.69) is 36.0 Å². The zero-order valence-electron chi connectivity index (χ0n) is 11.7. The third kappa shape index (κ3) is 3.87. The van der Waals surface area contributed by atoms with Crippen molar-refractivity contribution >= 4 is 17.3 Å². The molecule has 2 N–H and O–H groups in total. The second-order valence-electron chi connectivity index (χ2n) is 5.52. The maximum Gasteiger partial charge on any atom is 0.191 e. The third-order valence-corrected chi connectivity index (χ3v) is 4.15. The molecule has 19 heavy (non-hydrogen) atoms. The number of aromatic nitrogens is 2. The van der Waals surface area contributed by atoms with Crippen LogP contribution < -0.4 is 5.73 Å². The van der Waals surface area contributed by atoms with E-state index in [9.17, 15) is 0 Å². The second-order valence-corrected chi connectivity index (χ2v) is 6.59. The topological polar surface area (TPSA) is 76.6 Å². The Morgan fingerprint density at radius 3 is 2.63 bits per heavy atom. The van der Waals surface area contributed by atoms with Crippen molar-refractivity contribution in [3.63, 3.8) is 0 Å². The summed E-state index contributed by atoms with van der Waals surface area (Å²) in [6.45, 7) is 9.91. The quantitative estimate of drug-likeness (QED) is 0.647. The van der Waals surface area contributed by atoms with E-state index in [0.29, 0.717) is 25.7 Å². The van der Waals surface area contributed by atoms with Gasteiger partial charge in [0, 0.05) is 18.5 Å². The Bertz CT molecular complexity index is 445. The van der Waals surface area contributed by atoms with Crippen LogP contribution in [-0.2, 0) is 16.7 Å². The largest absolute Gasteiger partial charge is 0.378 e. The maximum absolute atomic E-state index is 5.97. The standard InChI is InChI=1S/C12H21N5OS/c1-12(2,3)10-16-15-9(19-10)8-14-11(13)17-4-6-18-7-5-17/h4-8H2,1-3H3,(H2,13,14). The van der Waals surface area contributed by atoms with E-state index in [-0.39, 0.29) is 5.41 Å². The predicted octanol–water partition coefficient (Wildman–Crippen LogP) is 0.983. The Hall–Kier alpha value is -1.21. The molecule has 1 aliphatic rings. The molecule has 2 heterocycles. The highest BCUT2D eigenvalue weighted by Crippen LogP contribution is 2.25. The first kappa shape index (κ1) is 14.2. The molecule has 1 aromatic heterocycles. The van der Waals surface area contributed by atoms with Gasteiger partial charge in [-0.25, -0.2) is 4.99 Å². The minimum atomic E-state index is 0.0371. The fourth-order valence-electron chi connectivity index (χ4n) is 1.66. The Kier molecular flexibility index (Phi) is 4.36. The van der Waals surface area contributed by atoms with E-state index >= 15 is 0 Å². The molecule has 106 valence electrons. The van der Waals surface area contributed by atoms with Crippen molar-refractivity contribution < 1.29 is 4.74 Å². The molecule has 0 unspecified atom stereocenters. The summed E-state index contributed by atoms with van der Waals surface area (Å²) in [5.41, 5.74) is 6.00. The number of hydrogen-bond acceptors (Lipinski definition) is 5. The third-order valence-electron chi connectivity index (χ3n) is 2.82. The molecule has 1 aliphatic heterocycles. The maximum atomic E-state index is 5.97. The summed E-state index contributed by atoms with van der Waals surface area (Å²) in [6, 6.07) is 0. The van der Waals surface area contributed by atoms with Crippen LogP contribution in [0.25, 0.3) is 0 Å². The van der Waals surface area contributed by atoms with Crippen molar-refractivity contribution in [3.8, 4) is 0 Å². The number of rotatable bonds is 2. The van der Waals surface area contributed by atoms with Gasteiger partial charge in [-0.1, -0.05) is 32.1 Å². The number of nitrogens with two attached hydrogens (primary N) is 1. The smallest absolute Gasteiger partial charge is 0.191 e. The number of morpholine rings is 1. The van der Waals surface area contributed by atoms with E-state index in [1.807, 2.05) is 4.90 Å². The molecule has 0 bridgehead atoms. The number of hydrogen-bond donors (Lipinski definition) is 1. The zero-order valence-corrected chi connectivity index (χ0v) is 12.5. The Balaban J connectivity index is 1.95. The molecule has 0 spiro atoms. The average Bonchev–Trinajstić information content (AvgIpc) is 2.86. The fourth-order valence-corrected chi connectivity index (χ4v) is 2.48. The number of ether oxygens (including phenoxy) is 1. The van der Waals surface area contributed by atoms with Gasteiger partial charge >= 0.3 is 0 Å². The lowest BCUT2D eigenvalue weighted by Gasteiger charge is -2.27. The van der Waals surface area contributed by atoms with Crippen LogP contribution in [0.1, 0.15) is 30.8 Å². The van der Waals surface area contributed by atoms with Crippen LogP contribution in [0, 0.1) is 0 Å². The normalized spacial score (nSPS) is 17.8. The first-order valence-corrected chi connectivity index (χ1v) is 7.24. The minimum Gasteiger partial charge on any atom is -0.378 e. The molecule has 0 aromatic carbocycles. The van der Waals surface area contributed by atoms with Gasteiger partial charge in [-0.15, -0.1) is 10.2 Å². The molecule has 2 rings (SSSR count). The Morgan fingerprint density at radius 1 is 1.37 bits per heavy atom. The molecule has 6 nitrogen and oxygen atoms in total. The molecule has 1 saturated heterocycles. The van der Waals surface area contributed by atoms with Gasteiger partial charge in [0.25, 0.3) is 0 Å². The van der Waals surface area contributed by atoms with E-state index in [1.54, 1.807) is 11.3 Å². The fraction of sp³-hybridized carbons (Fsp3) is 0.750. The zero-order chi connectivity index (χ0) is 13.9.